The van der Waals surface area contributed by atoms with Gasteiger partial charge in [0, 0.05) is 0 Å². The second kappa shape index (κ2) is 8.17. The molecule has 2 heterocycles. The summed E-state index contributed by atoms with van der Waals surface area (Å²) in [5.41, 5.74) is 1.62. The van der Waals surface area contributed by atoms with Crippen molar-refractivity contribution < 1.29 is 22.7 Å². The number of nitrogens with one attached hydrogen (secondary N) is 2. The maximum Gasteiger partial charge on any atom is 0.422 e. The molecule has 0 aliphatic carbocycles. The van der Waals surface area contributed by atoms with Gasteiger partial charge < -0.3 is 15.4 Å². The molecule has 28 heavy (non-hydrogen) atoms. The third-order valence-corrected chi connectivity index (χ3v) is 4.57. The monoisotopic (exact) mass is 397 g/mol. The Morgan fingerprint density at radius 2 is 2.04 bits per heavy atom. The van der Waals surface area contributed by atoms with Crippen LogP contribution in [-0.2, 0) is 0 Å². The standard InChI is InChI=1S/C18H22F3N5O2/c1-11-3-4-14(15(9-11)28-10-18(19,20)21)23-17(27)16-12(2)26(25-24-16)13-5-7-22-8-6-13/h3-4,9,13,22H,5-8,10H2,1-2H3,(H,23,27). The van der Waals surface area contributed by atoms with Crippen LogP contribution < -0.4 is 15.4 Å². The average molecular weight is 397 g/mol. The fourth-order valence-corrected chi connectivity index (χ4v) is 3.14. The largest absolute Gasteiger partial charge is 0.482 e. The van der Waals surface area contributed by atoms with Gasteiger partial charge in [-0.1, -0.05) is 11.3 Å². The number of anilines is 1. The smallest absolute Gasteiger partial charge is 0.422 e. The number of carbonyl (C=O) groups excluding carboxylic acids is 1. The number of rotatable bonds is 5. The predicted molar refractivity (Wildman–Crippen MR) is 96.6 cm³/mol. The molecular formula is C18H22F3N5O2. The summed E-state index contributed by atoms with van der Waals surface area (Å²) in [4.78, 5) is 12.7. The Morgan fingerprint density at radius 3 is 2.71 bits per heavy atom. The minimum absolute atomic E-state index is 0.0472. The number of aromatic nitrogens is 3. The molecule has 1 saturated heterocycles. The van der Waals surface area contributed by atoms with E-state index in [4.69, 9.17) is 4.74 Å². The van der Waals surface area contributed by atoms with Crippen LogP contribution in [0, 0.1) is 13.8 Å². The number of benzene rings is 1. The van der Waals surface area contributed by atoms with Crippen molar-refractivity contribution in [3.63, 3.8) is 0 Å². The molecule has 0 unspecified atom stereocenters. The normalized spacial score (nSPS) is 15.5. The van der Waals surface area contributed by atoms with Crippen LogP contribution in [-0.4, -0.2) is 46.8 Å². The first kappa shape index (κ1) is 20.1. The van der Waals surface area contributed by atoms with E-state index in [0.717, 1.165) is 25.9 Å². The highest BCUT2D eigenvalue weighted by atomic mass is 19.4. The van der Waals surface area contributed by atoms with E-state index < -0.39 is 18.7 Å². The highest BCUT2D eigenvalue weighted by molar-refractivity contribution is 6.04. The van der Waals surface area contributed by atoms with Crippen molar-refractivity contribution in [2.45, 2.75) is 38.9 Å². The van der Waals surface area contributed by atoms with Gasteiger partial charge >= 0.3 is 6.18 Å². The van der Waals surface area contributed by atoms with Crippen LogP contribution in [0.25, 0.3) is 0 Å². The van der Waals surface area contributed by atoms with Gasteiger partial charge in [-0.3, -0.25) is 4.79 Å². The number of nitrogens with zero attached hydrogens (tertiary/aromatic N) is 3. The lowest BCUT2D eigenvalue weighted by atomic mass is 10.1. The van der Waals surface area contributed by atoms with E-state index in [1.807, 2.05) is 0 Å². The van der Waals surface area contributed by atoms with Gasteiger partial charge in [0.05, 0.1) is 17.4 Å². The van der Waals surface area contributed by atoms with Crippen LogP contribution in [0.15, 0.2) is 18.2 Å². The fraction of sp³-hybridized carbons (Fsp3) is 0.500. The Hall–Kier alpha value is -2.62. The summed E-state index contributed by atoms with van der Waals surface area (Å²) in [6.07, 6.45) is -2.70. The molecule has 1 aliphatic rings. The van der Waals surface area contributed by atoms with Crippen LogP contribution in [0.3, 0.4) is 0 Å². The van der Waals surface area contributed by atoms with E-state index in [-0.39, 0.29) is 23.2 Å². The zero-order chi connectivity index (χ0) is 20.3. The number of alkyl halides is 3. The number of amides is 1. The number of carbonyl (C=O) groups is 1. The van der Waals surface area contributed by atoms with E-state index in [1.165, 1.54) is 12.1 Å². The fourth-order valence-electron chi connectivity index (χ4n) is 3.14. The molecule has 1 aromatic heterocycles. The molecule has 1 aromatic carbocycles. The first-order chi connectivity index (χ1) is 13.2. The third-order valence-electron chi connectivity index (χ3n) is 4.57. The van der Waals surface area contributed by atoms with Crippen molar-refractivity contribution in [1.29, 1.82) is 0 Å². The lowest BCUT2D eigenvalue weighted by molar-refractivity contribution is -0.153. The summed E-state index contributed by atoms with van der Waals surface area (Å²) < 4.78 is 44.1. The van der Waals surface area contributed by atoms with Gasteiger partial charge in [-0.05, 0) is 57.5 Å². The number of aryl methyl sites for hydroxylation is 1. The minimum atomic E-state index is -4.47. The third kappa shape index (κ3) is 4.80. The van der Waals surface area contributed by atoms with Gasteiger partial charge in [0.15, 0.2) is 12.3 Å². The zero-order valence-corrected chi connectivity index (χ0v) is 15.6. The molecule has 0 bridgehead atoms. The molecule has 1 amide bonds. The molecular weight excluding hydrogens is 375 g/mol. The minimum Gasteiger partial charge on any atom is -0.482 e. The van der Waals surface area contributed by atoms with Gasteiger partial charge in [-0.25, -0.2) is 4.68 Å². The number of piperidine rings is 1. The molecule has 0 radical (unpaired) electrons. The molecule has 1 aliphatic heterocycles. The Labute approximate surface area is 160 Å². The summed E-state index contributed by atoms with van der Waals surface area (Å²) >= 11 is 0. The Bertz CT molecular complexity index is 844. The average Bonchev–Trinajstić information content (AvgIpc) is 3.03. The highest BCUT2D eigenvalue weighted by Gasteiger charge is 2.29. The number of hydrogen-bond acceptors (Lipinski definition) is 5. The molecule has 10 heteroatoms. The summed E-state index contributed by atoms with van der Waals surface area (Å²) in [5.74, 6) is -0.590. The van der Waals surface area contributed by atoms with Crippen LogP contribution in [0.5, 0.6) is 5.75 Å². The van der Waals surface area contributed by atoms with Crippen LogP contribution >= 0.6 is 0 Å². The predicted octanol–water partition coefficient (Wildman–Crippen LogP) is 3.01. The molecule has 0 spiro atoms. The SMILES string of the molecule is Cc1ccc(NC(=O)c2nnn(C3CCNCC3)c2C)c(OCC(F)(F)F)c1. The van der Waals surface area contributed by atoms with Crippen molar-refractivity contribution in [1.82, 2.24) is 20.3 Å². The second-order valence-corrected chi connectivity index (χ2v) is 6.81. The molecule has 2 aromatic rings. The van der Waals surface area contributed by atoms with E-state index in [9.17, 15) is 18.0 Å². The van der Waals surface area contributed by atoms with E-state index in [2.05, 4.69) is 20.9 Å². The number of ether oxygens (including phenoxy) is 1. The van der Waals surface area contributed by atoms with Gasteiger partial charge in [-0.2, -0.15) is 13.2 Å². The zero-order valence-electron chi connectivity index (χ0n) is 15.6. The van der Waals surface area contributed by atoms with E-state index in [0.29, 0.717) is 11.3 Å². The van der Waals surface area contributed by atoms with E-state index >= 15 is 0 Å². The summed E-state index contributed by atoms with van der Waals surface area (Å²) in [7, 11) is 0. The molecule has 152 valence electrons. The van der Waals surface area contributed by atoms with Gasteiger partial charge in [0.25, 0.3) is 5.91 Å². The van der Waals surface area contributed by atoms with Crippen LogP contribution in [0.2, 0.25) is 0 Å². The maximum absolute atomic E-state index is 12.7. The molecule has 3 rings (SSSR count). The highest BCUT2D eigenvalue weighted by Crippen LogP contribution is 2.29. The molecule has 2 N–H and O–H groups in total. The maximum atomic E-state index is 12.7. The summed E-state index contributed by atoms with van der Waals surface area (Å²) in [6, 6.07) is 4.79. The van der Waals surface area contributed by atoms with Crippen molar-refractivity contribution >= 4 is 11.6 Å². The first-order valence-corrected chi connectivity index (χ1v) is 8.98. The van der Waals surface area contributed by atoms with Gasteiger partial charge in [-0.15, -0.1) is 5.10 Å². The first-order valence-electron chi connectivity index (χ1n) is 8.98. The Balaban J connectivity index is 1.77. The van der Waals surface area contributed by atoms with Crippen molar-refractivity contribution in [2.75, 3.05) is 25.0 Å². The molecule has 0 atom stereocenters. The Morgan fingerprint density at radius 1 is 1.32 bits per heavy atom. The number of halogens is 3. The van der Waals surface area contributed by atoms with Gasteiger partial charge in [0.2, 0.25) is 0 Å². The topological polar surface area (TPSA) is 81.1 Å². The van der Waals surface area contributed by atoms with Crippen molar-refractivity contribution in [2.24, 2.45) is 0 Å². The lowest BCUT2D eigenvalue weighted by Gasteiger charge is -2.23. The van der Waals surface area contributed by atoms with Crippen molar-refractivity contribution in [3.8, 4) is 5.75 Å². The van der Waals surface area contributed by atoms with Crippen LogP contribution in [0.4, 0.5) is 18.9 Å². The molecule has 1 fully saturated rings. The van der Waals surface area contributed by atoms with E-state index in [1.54, 1.807) is 24.6 Å². The lowest BCUT2D eigenvalue weighted by Crippen LogP contribution is -2.30. The number of hydrogen-bond donors (Lipinski definition) is 2. The van der Waals surface area contributed by atoms with Crippen molar-refractivity contribution in [3.05, 3.63) is 35.2 Å². The summed E-state index contributed by atoms with van der Waals surface area (Å²) in [6.45, 7) is 3.78. The Kier molecular flexibility index (Phi) is 5.87. The van der Waals surface area contributed by atoms with Crippen LogP contribution in [0.1, 0.15) is 40.6 Å². The second-order valence-electron chi connectivity index (χ2n) is 6.81. The quantitative estimate of drug-likeness (QED) is 0.811. The summed E-state index contributed by atoms with van der Waals surface area (Å²) in [5, 5.41) is 13.9. The van der Waals surface area contributed by atoms with Gasteiger partial charge in [0.1, 0.15) is 5.75 Å². The molecule has 0 saturated carbocycles. The molecule has 7 nitrogen and oxygen atoms in total.